The number of ether oxygens (including phenoxy) is 1. The first-order valence-electron chi connectivity index (χ1n) is 10.1. The number of H-pyrrole nitrogens is 1. The number of Topliss-reactive ketones (excluding diaryl/α,β-unsaturated/α-hetero) is 1. The number of hydrogen-bond donors (Lipinski definition) is 2. The number of carbonyl (C=O) groups excluding carboxylic acids is 2. The van der Waals surface area contributed by atoms with Crippen molar-refractivity contribution in [3.05, 3.63) is 90.7 Å². The highest BCUT2D eigenvalue weighted by atomic mass is 35.5. The fourth-order valence-electron chi connectivity index (χ4n) is 3.48. The SMILES string of the molecule is CC(=O)c1ccc(C2=CC3=C(CC(Cl)=C2)OC(CNC(=O)/C=C/c2ccc(=O)[nH]c2)C3)s1. The summed E-state index contributed by atoms with van der Waals surface area (Å²) in [4.78, 5) is 39.1. The van der Waals surface area contributed by atoms with E-state index in [4.69, 9.17) is 16.3 Å². The molecular formula is C24H21ClN2O4S. The lowest BCUT2D eigenvalue weighted by Crippen LogP contribution is -2.30. The second kappa shape index (κ2) is 9.54. The molecule has 2 aromatic heterocycles. The van der Waals surface area contributed by atoms with E-state index in [9.17, 15) is 14.4 Å². The van der Waals surface area contributed by atoms with Gasteiger partial charge in [-0.05, 0) is 60.1 Å². The number of amides is 1. The highest BCUT2D eigenvalue weighted by Gasteiger charge is 2.27. The fraction of sp³-hybridized carbons (Fsp3) is 0.208. The number of aromatic amines is 1. The van der Waals surface area contributed by atoms with Crippen molar-refractivity contribution in [1.29, 1.82) is 0 Å². The highest BCUT2D eigenvalue weighted by Crippen LogP contribution is 2.38. The number of halogens is 1. The number of nitrogens with one attached hydrogen (secondary N) is 2. The van der Waals surface area contributed by atoms with Crippen molar-refractivity contribution in [1.82, 2.24) is 10.3 Å². The summed E-state index contributed by atoms with van der Waals surface area (Å²) in [6, 6.07) is 6.80. The topological polar surface area (TPSA) is 88.3 Å². The van der Waals surface area contributed by atoms with E-state index in [-0.39, 0.29) is 23.4 Å². The zero-order valence-corrected chi connectivity index (χ0v) is 18.9. The molecule has 1 amide bonds. The summed E-state index contributed by atoms with van der Waals surface area (Å²) in [5.74, 6) is 0.610. The first kappa shape index (κ1) is 22.0. The van der Waals surface area contributed by atoms with Gasteiger partial charge in [-0.3, -0.25) is 14.4 Å². The first-order valence-corrected chi connectivity index (χ1v) is 11.3. The molecule has 8 heteroatoms. The van der Waals surface area contributed by atoms with Crippen molar-refractivity contribution in [2.24, 2.45) is 0 Å². The minimum atomic E-state index is -0.244. The molecule has 2 N–H and O–H groups in total. The first-order chi connectivity index (χ1) is 15.4. The quantitative estimate of drug-likeness (QED) is 0.485. The number of rotatable bonds is 6. The molecule has 32 heavy (non-hydrogen) atoms. The van der Waals surface area contributed by atoms with Crippen LogP contribution in [0.5, 0.6) is 0 Å². The third-order valence-corrected chi connectivity index (χ3v) is 6.54. The van der Waals surface area contributed by atoms with Crippen LogP contribution in [0.3, 0.4) is 0 Å². The summed E-state index contributed by atoms with van der Waals surface area (Å²) in [5, 5.41) is 3.51. The van der Waals surface area contributed by atoms with E-state index >= 15 is 0 Å². The molecule has 4 rings (SSSR count). The Bertz CT molecular complexity index is 1230. The van der Waals surface area contributed by atoms with E-state index in [0.29, 0.717) is 29.3 Å². The van der Waals surface area contributed by atoms with E-state index in [1.807, 2.05) is 18.2 Å². The smallest absolute Gasteiger partial charge is 0.247 e. The standard InChI is InChI=1S/C24H21ClN2O4S/c1-14(28)21-4-5-22(32-21)17-8-16-10-19(31-20(16)11-18(25)9-17)13-27-24(30)7-3-15-2-6-23(29)26-12-15/h2-9,12,19H,10-11,13H2,1H3,(H,26,29)(H,27,30)/b7-3+. The summed E-state index contributed by atoms with van der Waals surface area (Å²) >= 11 is 7.87. The number of thiophene rings is 1. The van der Waals surface area contributed by atoms with E-state index in [0.717, 1.165) is 27.3 Å². The number of hydrogen-bond acceptors (Lipinski definition) is 5. The number of ketones is 1. The molecule has 1 atom stereocenters. The monoisotopic (exact) mass is 468 g/mol. The Hall–Kier alpha value is -3.16. The van der Waals surface area contributed by atoms with E-state index in [2.05, 4.69) is 16.4 Å². The van der Waals surface area contributed by atoms with Gasteiger partial charge >= 0.3 is 0 Å². The van der Waals surface area contributed by atoms with Crippen LogP contribution in [0.25, 0.3) is 11.6 Å². The molecule has 0 aromatic carbocycles. The molecule has 1 aliphatic heterocycles. The summed E-state index contributed by atoms with van der Waals surface area (Å²) in [5.41, 5.74) is 2.54. The third kappa shape index (κ3) is 5.36. The third-order valence-electron chi connectivity index (χ3n) is 5.06. The Morgan fingerprint density at radius 3 is 2.84 bits per heavy atom. The van der Waals surface area contributed by atoms with Gasteiger partial charge in [-0.15, -0.1) is 11.3 Å². The van der Waals surface area contributed by atoms with Crippen LogP contribution >= 0.6 is 22.9 Å². The summed E-state index contributed by atoms with van der Waals surface area (Å²) < 4.78 is 6.05. The van der Waals surface area contributed by atoms with Crippen LogP contribution in [-0.4, -0.2) is 29.3 Å². The molecule has 3 heterocycles. The summed E-state index contributed by atoms with van der Waals surface area (Å²) in [6.45, 7) is 1.92. The van der Waals surface area contributed by atoms with Gasteiger partial charge in [0, 0.05) is 41.1 Å². The highest BCUT2D eigenvalue weighted by molar-refractivity contribution is 7.15. The zero-order chi connectivity index (χ0) is 22.7. The van der Waals surface area contributed by atoms with Gasteiger partial charge in [0.15, 0.2) is 5.78 Å². The predicted octanol–water partition coefficient (Wildman–Crippen LogP) is 4.42. The Morgan fingerprint density at radius 1 is 1.28 bits per heavy atom. The van der Waals surface area contributed by atoms with Gasteiger partial charge < -0.3 is 15.0 Å². The molecule has 2 aliphatic rings. The van der Waals surface area contributed by atoms with Crippen LogP contribution in [0.1, 0.15) is 39.9 Å². The maximum Gasteiger partial charge on any atom is 0.247 e. The van der Waals surface area contributed by atoms with Crippen LogP contribution in [0.4, 0.5) is 0 Å². The van der Waals surface area contributed by atoms with Crippen LogP contribution in [0.15, 0.2) is 69.8 Å². The molecule has 0 bridgehead atoms. The Kier molecular flexibility index (Phi) is 6.58. The maximum absolute atomic E-state index is 12.1. The maximum atomic E-state index is 12.1. The van der Waals surface area contributed by atoms with Gasteiger partial charge in [0.25, 0.3) is 0 Å². The Morgan fingerprint density at radius 2 is 2.12 bits per heavy atom. The van der Waals surface area contributed by atoms with Crippen LogP contribution < -0.4 is 10.9 Å². The normalized spacial score (nSPS) is 18.0. The lowest BCUT2D eigenvalue weighted by molar-refractivity contribution is -0.116. The average Bonchev–Trinajstić information content (AvgIpc) is 3.36. The van der Waals surface area contributed by atoms with E-state index < -0.39 is 0 Å². The molecule has 0 saturated carbocycles. The van der Waals surface area contributed by atoms with Crippen molar-refractivity contribution in [3.8, 4) is 0 Å². The van der Waals surface area contributed by atoms with Gasteiger partial charge in [0.2, 0.25) is 11.5 Å². The van der Waals surface area contributed by atoms with Gasteiger partial charge in [-0.25, -0.2) is 0 Å². The van der Waals surface area contributed by atoms with E-state index in [1.54, 1.807) is 25.3 Å². The van der Waals surface area contributed by atoms with Gasteiger partial charge in [-0.2, -0.15) is 0 Å². The molecular weight excluding hydrogens is 448 g/mol. The van der Waals surface area contributed by atoms with E-state index in [1.165, 1.54) is 23.5 Å². The zero-order valence-electron chi connectivity index (χ0n) is 17.3. The predicted molar refractivity (Wildman–Crippen MR) is 126 cm³/mol. The van der Waals surface area contributed by atoms with Gasteiger partial charge in [0.1, 0.15) is 11.9 Å². The van der Waals surface area contributed by atoms with Crippen molar-refractivity contribution < 1.29 is 14.3 Å². The molecule has 0 fully saturated rings. The number of allylic oxidation sites excluding steroid dienone is 4. The minimum Gasteiger partial charge on any atom is -0.492 e. The van der Waals surface area contributed by atoms with Crippen LogP contribution in [0.2, 0.25) is 0 Å². The molecule has 0 radical (unpaired) electrons. The molecule has 0 saturated heterocycles. The molecule has 2 aromatic rings. The molecule has 1 unspecified atom stereocenters. The van der Waals surface area contributed by atoms with Gasteiger partial charge in [-0.1, -0.05) is 11.6 Å². The molecule has 0 spiro atoms. The Balaban J connectivity index is 1.38. The summed E-state index contributed by atoms with van der Waals surface area (Å²) in [7, 11) is 0. The largest absolute Gasteiger partial charge is 0.492 e. The van der Waals surface area contributed by atoms with Crippen LogP contribution in [0, 0.1) is 0 Å². The second-order valence-electron chi connectivity index (χ2n) is 7.54. The lowest BCUT2D eigenvalue weighted by Gasteiger charge is -2.13. The second-order valence-corrected chi connectivity index (χ2v) is 9.11. The number of aromatic nitrogens is 1. The van der Waals surface area contributed by atoms with Crippen molar-refractivity contribution in [2.75, 3.05) is 6.54 Å². The Labute approximate surface area is 194 Å². The number of pyridine rings is 1. The van der Waals surface area contributed by atoms with Crippen LogP contribution in [-0.2, 0) is 9.53 Å². The van der Waals surface area contributed by atoms with Crippen molar-refractivity contribution in [2.45, 2.75) is 25.9 Å². The van der Waals surface area contributed by atoms with Crippen molar-refractivity contribution >= 4 is 46.3 Å². The molecule has 6 nitrogen and oxygen atoms in total. The lowest BCUT2D eigenvalue weighted by atomic mass is 10.1. The van der Waals surface area contributed by atoms with Crippen molar-refractivity contribution in [3.63, 3.8) is 0 Å². The number of carbonyl (C=O) groups is 2. The minimum absolute atomic E-state index is 0.0417. The summed E-state index contributed by atoms with van der Waals surface area (Å²) in [6.07, 6.45) is 9.54. The fourth-order valence-corrected chi connectivity index (χ4v) is 4.61. The van der Waals surface area contributed by atoms with Gasteiger partial charge in [0.05, 0.1) is 11.4 Å². The molecule has 164 valence electrons. The average molecular weight is 469 g/mol. The molecule has 1 aliphatic carbocycles.